The molecular formula is C24H34N4O3S. The minimum atomic E-state index is -3.70. The van der Waals surface area contributed by atoms with Gasteiger partial charge < -0.3 is 10.2 Å². The van der Waals surface area contributed by atoms with Crippen LogP contribution in [0.2, 0.25) is 0 Å². The average Bonchev–Trinajstić information content (AvgIpc) is 2.75. The lowest BCUT2D eigenvalue weighted by Crippen LogP contribution is -2.51. The van der Waals surface area contributed by atoms with Crippen LogP contribution in [0.15, 0.2) is 42.5 Å². The van der Waals surface area contributed by atoms with Crippen molar-refractivity contribution in [2.24, 2.45) is 0 Å². The number of hydrogen-bond acceptors (Lipinski definition) is 4. The topological polar surface area (TPSA) is 73.0 Å². The fourth-order valence-electron chi connectivity index (χ4n) is 4.04. The third-order valence-electron chi connectivity index (χ3n) is 6.01. The first kappa shape index (κ1) is 24.2. The number of amides is 1. The van der Waals surface area contributed by atoms with Gasteiger partial charge in [-0.25, -0.2) is 0 Å². The van der Waals surface area contributed by atoms with Crippen LogP contribution in [0.4, 0.5) is 11.4 Å². The molecule has 32 heavy (non-hydrogen) atoms. The van der Waals surface area contributed by atoms with Gasteiger partial charge >= 0.3 is 0 Å². The van der Waals surface area contributed by atoms with Crippen molar-refractivity contribution in [3.63, 3.8) is 0 Å². The first-order valence-corrected chi connectivity index (χ1v) is 12.6. The molecule has 0 atom stereocenters. The SMILES string of the molecule is CCN(CC)c1ccc(NC(=O)CN2CCCN(Cc3ccccc3C)S2(=O)=O)c(C)c1. The number of carbonyl (C=O) groups excluding carboxylic acids is 1. The molecule has 1 fully saturated rings. The lowest BCUT2D eigenvalue weighted by Gasteiger charge is -2.34. The van der Waals surface area contributed by atoms with E-state index in [0.717, 1.165) is 35.5 Å². The van der Waals surface area contributed by atoms with E-state index in [4.69, 9.17) is 0 Å². The van der Waals surface area contributed by atoms with Crippen LogP contribution >= 0.6 is 0 Å². The summed E-state index contributed by atoms with van der Waals surface area (Å²) in [7, 11) is -3.70. The first-order chi connectivity index (χ1) is 15.3. The molecule has 0 saturated carbocycles. The zero-order chi connectivity index (χ0) is 23.3. The molecule has 1 amide bonds. The Kier molecular flexibility index (Phi) is 7.92. The van der Waals surface area contributed by atoms with Gasteiger partial charge in [0.25, 0.3) is 10.2 Å². The van der Waals surface area contributed by atoms with Crippen molar-refractivity contribution in [1.82, 2.24) is 8.61 Å². The molecular weight excluding hydrogens is 424 g/mol. The van der Waals surface area contributed by atoms with Crippen LogP contribution in [0.25, 0.3) is 0 Å². The summed E-state index contributed by atoms with van der Waals surface area (Å²) in [4.78, 5) is 15.0. The summed E-state index contributed by atoms with van der Waals surface area (Å²) in [5.41, 5.74) is 4.80. The summed E-state index contributed by atoms with van der Waals surface area (Å²) < 4.78 is 29.0. The average molecular weight is 459 g/mol. The number of benzene rings is 2. The number of carbonyl (C=O) groups is 1. The van der Waals surface area contributed by atoms with Gasteiger partial charge in [0.1, 0.15) is 0 Å². The van der Waals surface area contributed by atoms with E-state index < -0.39 is 10.2 Å². The standard InChI is InChI=1S/C24H34N4O3S/c1-5-26(6-2)22-12-13-23(20(4)16-22)25-24(29)18-28-15-9-14-27(32(28,30)31)17-21-11-8-7-10-19(21)3/h7-8,10-13,16H,5-6,9,14-15,17-18H2,1-4H3,(H,25,29). The van der Waals surface area contributed by atoms with E-state index in [-0.39, 0.29) is 12.5 Å². The van der Waals surface area contributed by atoms with Crippen LogP contribution in [-0.2, 0) is 21.5 Å². The number of nitrogens with one attached hydrogen (secondary N) is 1. The highest BCUT2D eigenvalue weighted by Crippen LogP contribution is 2.24. The molecule has 1 aliphatic rings. The van der Waals surface area contributed by atoms with Gasteiger partial charge in [0.2, 0.25) is 5.91 Å². The van der Waals surface area contributed by atoms with E-state index in [1.165, 1.54) is 8.61 Å². The molecule has 174 valence electrons. The van der Waals surface area contributed by atoms with E-state index in [9.17, 15) is 13.2 Å². The largest absolute Gasteiger partial charge is 0.372 e. The van der Waals surface area contributed by atoms with E-state index in [1.807, 2.05) is 56.3 Å². The van der Waals surface area contributed by atoms with Gasteiger partial charge in [0, 0.05) is 44.1 Å². The Labute approximate surface area is 192 Å². The molecule has 0 bridgehead atoms. The molecule has 2 aromatic carbocycles. The third-order valence-corrected chi connectivity index (χ3v) is 7.94. The van der Waals surface area contributed by atoms with Crippen molar-refractivity contribution < 1.29 is 13.2 Å². The van der Waals surface area contributed by atoms with E-state index in [0.29, 0.717) is 31.7 Å². The first-order valence-electron chi connectivity index (χ1n) is 11.2. The molecule has 0 aromatic heterocycles. The van der Waals surface area contributed by atoms with Gasteiger partial charge in [-0.15, -0.1) is 0 Å². The van der Waals surface area contributed by atoms with Gasteiger partial charge in [-0.3, -0.25) is 4.79 Å². The van der Waals surface area contributed by atoms with E-state index >= 15 is 0 Å². The Balaban J connectivity index is 1.67. The second-order valence-electron chi connectivity index (χ2n) is 8.17. The predicted octanol–water partition coefficient (Wildman–Crippen LogP) is 3.54. The molecule has 8 heteroatoms. The molecule has 3 rings (SSSR count). The molecule has 0 spiro atoms. The fourth-order valence-corrected chi connectivity index (χ4v) is 5.67. The molecule has 1 N–H and O–H groups in total. The molecule has 0 radical (unpaired) electrons. The molecule has 1 heterocycles. The fraction of sp³-hybridized carbons (Fsp3) is 0.458. The van der Waals surface area contributed by atoms with E-state index in [1.54, 1.807) is 0 Å². The second kappa shape index (κ2) is 10.5. The maximum absolute atomic E-state index is 13.1. The van der Waals surface area contributed by atoms with Crippen LogP contribution in [0.3, 0.4) is 0 Å². The summed E-state index contributed by atoms with van der Waals surface area (Å²) >= 11 is 0. The van der Waals surface area contributed by atoms with Gasteiger partial charge in [-0.2, -0.15) is 17.0 Å². The number of anilines is 2. The van der Waals surface area contributed by atoms with Crippen molar-refractivity contribution in [1.29, 1.82) is 0 Å². The highest BCUT2D eigenvalue weighted by molar-refractivity contribution is 7.86. The van der Waals surface area contributed by atoms with Crippen molar-refractivity contribution in [2.75, 3.05) is 42.9 Å². The second-order valence-corrected chi connectivity index (χ2v) is 10.1. The number of rotatable bonds is 8. The van der Waals surface area contributed by atoms with E-state index in [2.05, 4.69) is 24.1 Å². The minimum Gasteiger partial charge on any atom is -0.372 e. The normalized spacial score (nSPS) is 16.6. The Morgan fingerprint density at radius 1 is 1.00 bits per heavy atom. The maximum atomic E-state index is 13.1. The molecule has 1 saturated heterocycles. The summed E-state index contributed by atoms with van der Waals surface area (Å²) in [5.74, 6) is -0.329. The van der Waals surface area contributed by atoms with Crippen molar-refractivity contribution >= 4 is 27.5 Å². The third kappa shape index (κ3) is 5.49. The van der Waals surface area contributed by atoms with Crippen molar-refractivity contribution in [3.8, 4) is 0 Å². The smallest absolute Gasteiger partial charge is 0.282 e. The highest BCUT2D eigenvalue weighted by Gasteiger charge is 2.34. The van der Waals surface area contributed by atoms with Crippen LogP contribution in [0, 0.1) is 13.8 Å². The van der Waals surface area contributed by atoms with Gasteiger partial charge in [0.15, 0.2) is 0 Å². The zero-order valence-electron chi connectivity index (χ0n) is 19.5. The summed E-state index contributed by atoms with van der Waals surface area (Å²) in [6.45, 7) is 10.9. The van der Waals surface area contributed by atoms with Crippen molar-refractivity contribution in [3.05, 3.63) is 59.2 Å². The Bertz CT molecular complexity index is 1050. The Morgan fingerprint density at radius 3 is 2.34 bits per heavy atom. The minimum absolute atomic E-state index is 0.191. The predicted molar refractivity (Wildman–Crippen MR) is 130 cm³/mol. The van der Waals surface area contributed by atoms with Crippen LogP contribution < -0.4 is 10.2 Å². The van der Waals surface area contributed by atoms with Gasteiger partial charge in [-0.05, 0) is 69.0 Å². The van der Waals surface area contributed by atoms with Gasteiger partial charge in [-0.1, -0.05) is 24.3 Å². The monoisotopic (exact) mass is 458 g/mol. The van der Waals surface area contributed by atoms with Crippen LogP contribution in [-0.4, -0.2) is 55.7 Å². The molecule has 0 unspecified atom stereocenters. The summed E-state index contributed by atoms with van der Waals surface area (Å²) in [5, 5.41) is 2.89. The Hall–Kier alpha value is -2.42. The summed E-state index contributed by atoms with van der Waals surface area (Å²) in [6, 6.07) is 13.7. The number of aryl methyl sites for hydroxylation is 2. The van der Waals surface area contributed by atoms with Crippen molar-refractivity contribution in [2.45, 2.75) is 40.7 Å². The maximum Gasteiger partial charge on any atom is 0.282 e. The Morgan fingerprint density at radius 2 is 1.69 bits per heavy atom. The molecule has 0 aliphatic carbocycles. The van der Waals surface area contributed by atoms with Gasteiger partial charge in [0.05, 0.1) is 6.54 Å². The zero-order valence-corrected chi connectivity index (χ0v) is 20.3. The summed E-state index contributed by atoms with van der Waals surface area (Å²) in [6.07, 6.45) is 0.690. The molecule has 7 nitrogen and oxygen atoms in total. The lowest BCUT2D eigenvalue weighted by atomic mass is 10.1. The number of nitrogens with zero attached hydrogens (tertiary/aromatic N) is 3. The highest BCUT2D eigenvalue weighted by atomic mass is 32.2. The quantitative estimate of drug-likeness (QED) is 0.657. The van der Waals surface area contributed by atoms with Crippen LogP contribution in [0.5, 0.6) is 0 Å². The molecule has 1 aliphatic heterocycles. The molecule has 2 aromatic rings. The lowest BCUT2D eigenvalue weighted by molar-refractivity contribution is -0.116. The number of hydrogen-bond donors (Lipinski definition) is 1. The van der Waals surface area contributed by atoms with Crippen LogP contribution in [0.1, 0.15) is 37.0 Å².